The maximum Gasteiger partial charge on any atom is 0.318 e. The predicted octanol–water partition coefficient (Wildman–Crippen LogP) is 2.06. The van der Waals surface area contributed by atoms with Crippen LogP contribution in [0.5, 0.6) is 0 Å². The fourth-order valence-corrected chi connectivity index (χ4v) is 3.66. The van der Waals surface area contributed by atoms with Crippen LogP contribution in [0.2, 0.25) is 0 Å². The molecule has 2 fully saturated rings. The van der Waals surface area contributed by atoms with Crippen molar-refractivity contribution in [2.45, 2.75) is 30.0 Å². The van der Waals surface area contributed by atoms with E-state index in [1.54, 1.807) is 0 Å². The Morgan fingerprint density at radius 1 is 1.60 bits per heavy atom. The number of anilines is 1. The second-order valence-corrected chi connectivity index (χ2v) is 6.02. The number of halogens is 1. The highest BCUT2D eigenvalue weighted by Gasteiger charge is 2.40. The van der Waals surface area contributed by atoms with Gasteiger partial charge in [0.25, 0.3) is 0 Å². The van der Waals surface area contributed by atoms with Gasteiger partial charge in [-0.05, 0) is 13.3 Å². The highest BCUT2D eigenvalue weighted by molar-refractivity contribution is 8.00. The molecule has 1 aromatic rings. The molecule has 15 heavy (non-hydrogen) atoms. The van der Waals surface area contributed by atoms with Gasteiger partial charge in [0.15, 0.2) is 0 Å². The highest BCUT2D eigenvalue weighted by atomic mass is 35.5. The van der Waals surface area contributed by atoms with Crippen LogP contribution in [-0.4, -0.2) is 33.8 Å². The summed E-state index contributed by atoms with van der Waals surface area (Å²) in [6, 6.07) is 1.23. The molecule has 1 aromatic heterocycles. The zero-order valence-corrected chi connectivity index (χ0v) is 9.96. The van der Waals surface area contributed by atoms with Crippen LogP contribution in [-0.2, 0) is 0 Å². The molecular formula is C9H12ClN3OS. The molecule has 3 heterocycles. The molecule has 2 aliphatic heterocycles. The Bertz CT molecular complexity index is 370. The summed E-state index contributed by atoms with van der Waals surface area (Å²) < 4.78 is 5.54. The first-order valence-electron chi connectivity index (χ1n) is 5.10. The first kappa shape index (κ1) is 9.78. The number of fused-ring (bicyclic) bond motifs is 2. The average Bonchev–Trinajstić information content (AvgIpc) is 2.93. The van der Waals surface area contributed by atoms with Gasteiger partial charge in [-0.2, -0.15) is 11.8 Å². The molecule has 2 saturated heterocycles. The quantitative estimate of drug-likeness (QED) is 0.747. The Kier molecular flexibility index (Phi) is 2.32. The predicted molar refractivity (Wildman–Crippen MR) is 60.6 cm³/mol. The Balaban J connectivity index is 1.81. The van der Waals surface area contributed by atoms with Gasteiger partial charge >= 0.3 is 6.01 Å². The molecule has 82 valence electrons. The van der Waals surface area contributed by atoms with Gasteiger partial charge in [-0.15, -0.1) is 16.7 Å². The molecule has 3 rings (SSSR count). The van der Waals surface area contributed by atoms with E-state index in [9.17, 15) is 0 Å². The summed E-state index contributed by atoms with van der Waals surface area (Å²) in [4.78, 5) is 2.22. The van der Waals surface area contributed by atoms with Gasteiger partial charge < -0.3 is 9.32 Å². The first-order valence-corrected chi connectivity index (χ1v) is 6.58. The van der Waals surface area contributed by atoms with Crippen molar-refractivity contribution in [3.05, 3.63) is 5.89 Å². The van der Waals surface area contributed by atoms with Gasteiger partial charge in [-0.25, -0.2) is 0 Å². The summed E-state index contributed by atoms with van der Waals surface area (Å²) in [5.74, 6) is 1.70. The summed E-state index contributed by atoms with van der Waals surface area (Å²) >= 11 is 7.93. The van der Waals surface area contributed by atoms with Gasteiger partial charge in [-0.1, -0.05) is 5.10 Å². The number of aromatic nitrogens is 2. The normalized spacial score (nSPS) is 31.2. The molecule has 3 atom stereocenters. The van der Waals surface area contributed by atoms with E-state index in [-0.39, 0.29) is 5.38 Å². The molecule has 0 spiro atoms. The van der Waals surface area contributed by atoms with Gasteiger partial charge in [0.1, 0.15) is 5.38 Å². The molecule has 0 amide bonds. The minimum atomic E-state index is -0.208. The maximum absolute atomic E-state index is 5.88. The minimum absolute atomic E-state index is 0.208. The van der Waals surface area contributed by atoms with E-state index in [0.29, 0.717) is 17.9 Å². The molecule has 0 aliphatic carbocycles. The molecule has 0 radical (unpaired) electrons. The van der Waals surface area contributed by atoms with E-state index in [4.69, 9.17) is 16.0 Å². The third kappa shape index (κ3) is 1.61. The minimum Gasteiger partial charge on any atom is -0.406 e. The van der Waals surface area contributed by atoms with Gasteiger partial charge in [0.05, 0.1) is 0 Å². The van der Waals surface area contributed by atoms with E-state index in [0.717, 1.165) is 11.8 Å². The first-order chi connectivity index (χ1) is 7.24. The zero-order valence-electron chi connectivity index (χ0n) is 8.39. The van der Waals surface area contributed by atoms with Gasteiger partial charge in [-0.3, -0.25) is 0 Å². The molecule has 0 aromatic carbocycles. The number of alkyl halides is 1. The van der Waals surface area contributed by atoms with Crippen LogP contribution >= 0.6 is 23.4 Å². The van der Waals surface area contributed by atoms with Crippen molar-refractivity contribution in [3.63, 3.8) is 0 Å². The van der Waals surface area contributed by atoms with E-state index in [1.165, 1.54) is 12.2 Å². The Morgan fingerprint density at radius 3 is 3.00 bits per heavy atom. The number of hydrogen-bond donors (Lipinski definition) is 0. The lowest BCUT2D eigenvalue weighted by Crippen LogP contribution is -2.34. The van der Waals surface area contributed by atoms with Crippen molar-refractivity contribution in [3.8, 4) is 0 Å². The fourth-order valence-electron chi connectivity index (χ4n) is 2.14. The van der Waals surface area contributed by atoms with Gasteiger partial charge in [0.2, 0.25) is 5.89 Å². The number of rotatable bonds is 2. The maximum atomic E-state index is 5.88. The lowest BCUT2D eigenvalue weighted by Gasteiger charge is -2.23. The molecule has 4 nitrogen and oxygen atoms in total. The van der Waals surface area contributed by atoms with Crippen molar-refractivity contribution in [1.82, 2.24) is 10.2 Å². The lowest BCUT2D eigenvalue weighted by molar-refractivity contribution is 0.481. The van der Waals surface area contributed by atoms with E-state index in [1.807, 2.05) is 18.7 Å². The third-order valence-corrected chi connectivity index (χ3v) is 4.49. The number of thioether (sulfide) groups is 1. The molecular weight excluding hydrogens is 234 g/mol. The molecule has 6 heteroatoms. The molecule has 2 aliphatic rings. The van der Waals surface area contributed by atoms with Crippen LogP contribution in [0.1, 0.15) is 24.6 Å². The van der Waals surface area contributed by atoms with E-state index >= 15 is 0 Å². The summed E-state index contributed by atoms with van der Waals surface area (Å²) in [7, 11) is 0. The zero-order chi connectivity index (χ0) is 10.4. The smallest absolute Gasteiger partial charge is 0.318 e. The highest BCUT2D eigenvalue weighted by Crippen LogP contribution is 2.39. The lowest BCUT2D eigenvalue weighted by atomic mass is 10.2. The number of nitrogens with zero attached hydrogens (tertiary/aromatic N) is 3. The van der Waals surface area contributed by atoms with Crippen molar-refractivity contribution < 1.29 is 4.42 Å². The van der Waals surface area contributed by atoms with Crippen LogP contribution in [0.15, 0.2) is 4.42 Å². The van der Waals surface area contributed by atoms with Gasteiger partial charge in [0, 0.05) is 23.6 Å². The Labute approximate surface area is 97.4 Å². The summed E-state index contributed by atoms with van der Waals surface area (Å²) in [5, 5.41) is 8.54. The van der Waals surface area contributed by atoms with Crippen molar-refractivity contribution in [2.75, 3.05) is 17.2 Å². The molecule has 3 unspecified atom stereocenters. The Hall–Kier alpha value is -0.420. The van der Waals surface area contributed by atoms with Crippen molar-refractivity contribution in [1.29, 1.82) is 0 Å². The average molecular weight is 246 g/mol. The van der Waals surface area contributed by atoms with Crippen molar-refractivity contribution in [2.24, 2.45) is 0 Å². The SMILES string of the molecule is CC(Cl)c1nnc(N2CC3CC2CS3)o1. The standard InChI is InChI=1S/C9H12ClN3OS/c1-5(10)8-11-12-9(14-8)13-3-7-2-6(13)4-15-7/h5-7H,2-4H2,1H3. The monoisotopic (exact) mass is 245 g/mol. The summed E-state index contributed by atoms with van der Waals surface area (Å²) in [5.41, 5.74) is 0. The molecule has 0 N–H and O–H groups in total. The van der Waals surface area contributed by atoms with Crippen LogP contribution in [0.25, 0.3) is 0 Å². The fraction of sp³-hybridized carbons (Fsp3) is 0.778. The van der Waals surface area contributed by atoms with Crippen LogP contribution in [0.3, 0.4) is 0 Å². The van der Waals surface area contributed by atoms with Crippen LogP contribution < -0.4 is 4.90 Å². The van der Waals surface area contributed by atoms with Crippen LogP contribution in [0, 0.1) is 0 Å². The second kappa shape index (κ2) is 3.56. The van der Waals surface area contributed by atoms with Crippen LogP contribution in [0.4, 0.5) is 6.01 Å². The largest absolute Gasteiger partial charge is 0.406 e. The van der Waals surface area contributed by atoms with E-state index < -0.39 is 0 Å². The number of hydrogen-bond acceptors (Lipinski definition) is 5. The van der Waals surface area contributed by atoms with E-state index in [2.05, 4.69) is 15.1 Å². The summed E-state index contributed by atoms with van der Waals surface area (Å²) in [6.07, 6.45) is 1.25. The topological polar surface area (TPSA) is 42.2 Å². The summed E-state index contributed by atoms with van der Waals surface area (Å²) in [6.45, 7) is 2.87. The second-order valence-electron chi connectivity index (χ2n) is 4.04. The Morgan fingerprint density at radius 2 is 2.47 bits per heavy atom. The van der Waals surface area contributed by atoms with Crippen molar-refractivity contribution >= 4 is 29.4 Å². The molecule has 0 saturated carbocycles. The third-order valence-electron chi connectivity index (χ3n) is 2.92. The molecule has 2 bridgehead atoms.